The third-order valence-corrected chi connectivity index (χ3v) is 4.75. The van der Waals surface area contributed by atoms with Gasteiger partial charge in [-0.3, -0.25) is 0 Å². The number of anilines is 2. The number of nitrogens with one attached hydrogen (secondary N) is 1. The molecule has 0 bridgehead atoms. The molecule has 4 nitrogen and oxygen atoms in total. The van der Waals surface area contributed by atoms with Crippen molar-refractivity contribution in [1.82, 2.24) is 9.97 Å². The van der Waals surface area contributed by atoms with Gasteiger partial charge in [-0.05, 0) is 31.1 Å². The molecule has 1 heterocycles. The lowest BCUT2D eigenvalue weighted by molar-refractivity contribution is 0.253. The minimum Gasteiger partial charge on any atom is -0.384 e. The number of nitrogen functional groups attached to an aromatic ring is 1. The van der Waals surface area contributed by atoms with Crippen LogP contribution < -0.4 is 11.1 Å². The van der Waals surface area contributed by atoms with Gasteiger partial charge < -0.3 is 11.1 Å². The average Bonchev–Trinajstić information content (AvgIpc) is 3.18. The van der Waals surface area contributed by atoms with Crippen LogP contribution in [0.25, 0.3) is 0 Å². The first-order valence-electron chi connectivity index (χ1n) is 7.54. The smallest absolute Gasteiger partial charge is 0.136 e. The van der Waals surface area contributed by atoms with Gasteiger partial charge in [-0.1, -0.05) is 26.7 Å². The van der Waals surface area contributed by atoms with Crippen LogP contribution in [0.15, 0.2) is 6.07 Å². The van der Waals surface area contributed by atoms with Crippen LogP contribution >= 0.6 is 0 Å². The third-order valence-electron chi connectivity index (χ3n) is 4.75. The van der Waals surface area contributed by atoms with Gasteiger partial charge in [0.15, 0.2) is 0 Å². The fraction of sp³-hybridized carbons (Fsp3) is 0.733. The van der Waals surface area contributed by atoms with Gasteiger partial charge in [0.05, 0.1) is 0 Å². The summed E-state index contributed by atoms with van der Waals surface area (Å²) in [5.41, 5.74) is 5.90. The van der Waals surface area contributed by atoms with E-state index in [9.17, 15) is 0 Å². The summed E-state index contributed by atoms with van der Waals surface area (Å²) in [6.45, 7) is 4.69. The summed E-state index contributed by atoms with van der Waals surface area (Å²) < 4.78 is 0. The molecule has 1 aromatic heterocycles. The molecule has 3 unspecified atom stereocenters. The molecule has 2 fully saturated rings. The van der Waals surface area contributed by atoms with Crippen molar-refractivity contribution in [3.05, 3.63) is 11.9 Å². The van der Waals surface area contributed by atoms with E-state index in [-0.39, 0.29) is 0 Å². The van der Waals surface area contributed by atoms with Crippen molar-refractivity contribution >= 4 is 11.6 Å². The van der Waals surface area contributed by atoms with Crippen molar-refractivity contribution in [2.75, 3.05) is 11.1 Å². The highest BCUT2D eigenvalue weighted by molar-refractivity contribution is 5.46. The molecular weight excluding hydrogens is 236 g/mol. The number of hydrogen-bond acceptors (Lipinski definition) is 4. The van der Waals surface area contributed by atoms with Crippen LogP contribution in [0.5, 0.6) is 0 Å². The minimum absolute atomic E-state index is 0.519. The highest BCUT2D eigenvalue weighted by Crippen LogP contribution is 2.39. The molecule has 2 aliphatic carbocycles. The first-order chi connectivity index (χ1) is 9.13. The molecule has 0 spiro atoms. The van der Waals surface area contributed by atoms with Crippen LogP contribution in [0.2, 0.25) is 0 Å². The highest BCUT2D eigenvalue weighted by atomic mass is 15.1. The van der Waals surface area contributed by atoms with E-state index in [0.717, 1.165) is 17.6 Å². The fourth-order valence-corrected chi connectivity index (χ4v) is 3.06. The molecule has 0 saturated heterocycles. The third kappa shape index (κ3) is 2.82. The van der Waals surface area contributed by atoms with Gasteiger partial charge in [0.25, 0.3) is 0 Å². The van der Waals surface area contributed by atoms with Crippen LogP contribution in [0.1, 0.15) is 57.7 Å². The van der Waals surface area contributed by atoms with E-state index in [1.807, 2.05) is 6.07 Å². The summed E-state index contributed by atoms with van der Waals surface area (Å²) in [6.07, 6.45) is 6.30. The molecule has 0 amide bonds. The zero-order valence-electron chi connectivity index (χ0n) is 11.9. The SMILES string of the molecule is CC1CCCC(Nc2cc(N)nc(C3CC3)n2)C1C. The lowest BCUT2D eigenvalue weighted by Gasteiger charge is -2.35. The van der Waals surface area contributed by atoms with Crippen molar-refractivity contribution in [2.24, 2.45) is 11.8 Å². The van der Waals surface area contributed by atoms with Gasteiger partial charge in [0, 0.05) is 18.0 Å². The quantitative estimate of drug-likeness (QED) is 0.876. The maximum atomic E-state index is 5.90. The van der Waals surface area contributed by atoms with E-state index in [1.165, 1.54) is 32.1 Å². The summed E-state index contributed by atoms with van der Waals surface area (Å²) in [5, 5.41) is 3.59. The summed E-state index contributed by atoms with van der Waals surface area (Å²) in [4.78, 5) is 9.00. The summed E-state index contributed by atoms with van der Waals surface area (Å²) in [7, 11) is 0. The Morgan fingerprint density at radius 2 is 1.95 bits per heavy atom. The zero-order chi connectivity index (χ0) is 13.4. The second kappa shape index (κ2) is 4.99. The van der Waals surface area contributed by atoms with Crippen molar-refractivity contribution in [3.8, 4) is 0 Å². The summed E-state index contributed by atoms with van der Waals surface area (Å²) in [5.74, 6) is 4.46. The van der Waals surface area contributed by atoms with E-state index in [4.69, 9.17) is 5.73 Å². The maximum Gasteiger partial charge on any atom is 0.136 e. The monoisotopic (exact) mass is 260 g/mol. The van der Waals surface area contributed by atoms with Crippen molar-refractivity contribution in [2.45, 2.75) is 57.9 Å². The molecule has 0 radical (unpaired) electrons. The summed E-state index contributed by atoms with van der Waals surface area (Å²) >= 11 is 0. The van der Waals surface area contributed by atoms with Gasteiger partial charge >= 0.3 is 0 Å². The topological polar surface area (TPSA) is 63.8 Å². The first kappa shape index (κ1) is 12.7. The van der Waals surface area contributed by atoms with Gasteiger partial charge in [-0.15, -0.1) is 0 Å². The second-order valence-electron chi connectivity index (χ2n) is 6.33. The Bertz CT molecular complexity index is 455. The Labute approximate surface area is 115 Å². The number of aromatic nitrogens is 2. The Morgan fingerprint density at radius 3 is 2.68 bits per heavy atom. The second-order valence-corrected chi connectivity index (χ2v) is 6.33. The van der Waals surface area contributed by atoms with Crippen molar-refractivity contribution in [3.63, 3.8) is 0 Å². The van der Waals surface area contributed by atoms with E-state index in [0.29, 0.717) is 23.7 Å². The number of nitrogens with two attached hydrogens (primary N) is 1. The molecule has 3 rings (SSSR count). The van der Waals surface area contributed by atoms with Crippen LogP contribution in [0.4, 0.5) is 11.6 Å². The van der Waals surface area contributed by atoms with Gasteiger partial charge in [0.1, 0.15) is 17.5 Å². The standard InChI is InChI=1S/C15H24N4/c1-9-4-3-5-12(10(9)2)17-14-8-13(16)18-15(19-14)11-6-7-11/h8-12H,3-7H2,1-2H3,(H3,16,17,18,19). The van der Waals surface area contributed by atoms with Crippen molar-refractivity contribution in [1.29, 1.82) is 0 Å². The zero-order valence-corrected chi connectivity index (χ0v) is 11.9. The molecule has 19 heavy (non-hydrogen) atoms. The van der Waals surface area contributed by atoms with Crippen LogP contribution in [-0.4, -0.2) is 16.0 Å². The van der Waals surface area contributed by atoms with E-state index in [2.05, 4.69) is 29.1 Å². The number of rotatable bonds is 3. The fourth-order valence-electron chi connectivity index (χ4n) is 3.06. The molecule has 104 valence electrons. The molecule has 2 saturated carbocycles. The predicted octanol–water partition coefficient (Wildman–Crippen LogP) is 3.17. The van der Waals surface area contributed by atoms with Gasteiger partial charge in [0.2, 0.25) is 0 Å². The molecule has 3 atom stereocenters. The summed E-state index contributed by atoms with van der Waals surface area (Å²) in [6, 6.07) is 2.39. The van der Waals surface area contributed by atoms with Crippen LogP contribution in [0.3, 0.4) is 0 Å². The normalized spacial score (nSPS) is 31.2. The average molecular weight is 260 g/mol. The number of nitrogens with zero attached hydrogens (tertiary/aromatic N) is 2. The van der Waals surface area contributed by atoms with E-state index >= 15 is 0 Å². The van der Waals surface area contributed by atoms with Crippen LogP contribution in [-0.2, 0) is 0 Å². The Hall–Kier alpha value is -1.32. The lowest BCUT2D eigenvalue weighted by atomic mass is 9.78. The Morgan fingerprint density at radius 1 is 1.16 bits per heavy atom. The molecule has 3 N–H and O–H groups in total. The van der Waals surface area contributed by atoms with E-state index in [1.54, 1.807) is 0 Å². The Kier molecular flexibility index (Phi) is 3.33. The van der Waals surface area contributed by atoms with Crippen molar-refractivity contribution < 1.29 is 0 Å². The van der Waals surface area contributed by atoms with Gasteiger partial charge in [-0.2, -0.15) is 0 Å². The molecule has 1 aromatic rings. The minimum atomic E-state index is 0.519. The molecule has 4 heteroatoms. The molecule has 0 aliphatic heterocycles. The molecule has 0 aromatic carbocycles. The largest absolute Gasteiger partial charge is 0.384 e. The lowest BCUT2D eigenvalue weighted by Crippen LogP contribution is -2.35. The highest BCUT2D eigenvalue weighted by Gasteiger charge is 2.29. The van der Waals surface area contributed by atoms with E-state index < -0.39 is 0 Å². The maximum absolute atomic E-state index is 5.90. The Balaban J connectivity index is 1.75. The van der Waals surface area contributed by atoms with Crippen LogP contribution in [0, 0.1) is 11.8 Å². The van der Waals surface area contributed by atoms with Gasteiger partial charge in [-0.25, -0.2) is 9.97 Å². The molecular formula is C15H24N4. The first-order valence-corrected chi connectivity index (χ1v) is 7.54. The molecule has 2 aliphatic rings. The number of hydrogen-bond donors (Lipinski definition) is 2. The predicted molar refractivity (Wildman–Crippen MR) is 78.0 cm³/mol.